The third-order valence-corrected chi connectivity index (χ3v) is 3.39. The average molecular weight is 300 g/mol. The first-order chi connectivity index (χ1) is 10.2. The smallest absolute Gasteiger partial charge is 0.187 e. The van der Waals surface area contributed by atoms with Crippen molar-refractivity contribution in [3.05, 3.63) is 41.2 Å². The lowest BCUT2D eigenvalue weighted by molar-refractivity contribution is 0.394. The zero-order valence-electron chi connectivity index (χ0n) is 12.4. The summed E-state index contributed by atoms with van der Waals surface area (Å²) in [4.78, 5) is 8.61. The van der Waals surface area contributed by atoms with Gasteiger partial charge in [-0.3, -0.25) is 0 Å². The first-order valence-electron chi connectivity index (χ1n) is 6.29. The van der Waals surface area contributed by atoms with E-state index in [-0.39, 0.29) is 0 Å². The van der Waals surface area contributed by atoms with Crippen LogP contribution in [0.15, 0.2) is 29.6 Å². The quantitative estimate of drug-likeness (QED) is 0.495. The number of aryl methyl sites for hydroxylation is 1. The second-order valence-corrected chi connectivity index (χ2v) is 4.98. The highest BCUT2D eigenvalue weighted by molar-refractivity contribution is 7.98. The molecular weight excluding hydrogens is 284 g/mol. The normalized spacial score (nSPS) is 9.71. The fourth-order valence-electron chi connectivity index (χ4n) is 1.69. The molecule has 0 aliphatic heterocycles. The summed E-state index contributed by atoms with van der Waals surface area (Å²) in [6.07, 6.45) is 3.70. The molecule has 1 aromatic carbocycles. The summed E-state index contributed by atoms with van der Waals surface area (Å²) in [7, 11) is 3.23. The molecule has 1 heterocycles. The Morgan fingerprint density at radius 2 is 1.71 bits per heavy atom. The molecule has 0 aliphatic carbocycles. The van der Waals surface area contributed by atoms with Gasteiger partial charge in [-0.1, -0.05) is 23.6 Å². The van der Waals surface area contributed by atoms with E-state index in [1.807, 2.05) is 31.4 Å². The molecule has 0 aliphatic rings. The molecular formula is C16H16N2O2S. The predicted octanol–water partition coefficient (Wildman–Crippen LogP) is 2.92. The van der Waals surface area contributed by atoms with Crippen LogP contribution >= 0.6 is 11.8 Å². The molecule has 0 amide bonds. The number of benzene rings is 1. The number of aromatic nitrogens is 2. The minimum absolute atomic E-state index is 0.712. The van der Waals surface area contributed by atoms with Crippen LogP contribution in [0.4, 0.5) is 0 Å². The fraction of sp³-hybridized carbons (Fsp3) is 0.250. The Labute approximate surface area is 128 Å². The molecule has 1 aromatic heterocycles. The molecule has 0 fully saturated rings. The maximum absolute atomic E-state index is 5.23. The molecule has 2 rings (SSSR count). The highest BCUT2D eigenvalue weighted by Crippen LogP contribution is 2.22. The molecule has 21 heavy (non-hydrogen) atoms. The Kier molecular flexibility index (Phi) is 5.07. The van der Waals surface area contributed by atoms with Crippen molar-refractivity contribution in [2.45, 2.75) is 12.1 Å². The van der Waals surface area contributed by atoms with Gasteiger partial charge in [-0.05, 0) is 25.3 Å². The summed E-state index contributed by atoms with van der Waals surface area (Å²) in [5.74, 6) is 7.60. The Morgan fingerprint density at radius 3 is 2.24 bits per heavy atom. The van der Waals surface area contributed by atoms with Crippen LogP contribution in [0.2, 0.25) is 0 Å². The standard InChI is InChI=1S/C16H16N2O2S/c1-11-13(10-17-16(18-11)21-4)6-5-12-7-14(19-2)9-15(8-12)20-3/h7-10H,1-4H3. The Bertz CT molecular complexity index is 683. The molecule has 0 bridgehead atoms. The van der Waals surface area contributed by atoms with E-state index in [0.29, 0.717) is 11.5 Å². The third-order valence-electron chi connectivity index (χ3n) is 2.83. The first-order valence-corrected chi connectivity index (χ1v) is 7.51. The van der Waals surface area contributed by atoms with Crippen LogP contribution in [-0.4, -0.2) is 30.4 Å². The predicted molar refractivity (Wildman–Crippen MR) is 84.1 cm³/mol. The highest BCUT2D eigenvalue weighted by atomic mass is 32.2. The zero-order chi connectivity index (χ0) is 15.2. The maximum Gasteiger partial charge on any atom is 0.187 e. The Balaban J connectivity index is 2.34. The second kappa shape index (κ2) is 7.00. The van der Waals surface area contributed by atoms with Crippen molar-refractivity contribution in [1.82, 2.24) is 9.97 Å². The van der Waals surface area contributed by atoms with Gasteiger partial charge in [0.05, 0.1) is 25.5 Å². The number of methoxy groups -OCH3 is 2. The van der Waals surface area contributed by atoms with Gasteiger partial charge in [0.15, 0.2) is 5.16 Å². The molecule has 108 valence electrons. The highest BCUT2D eigenvalue weighted by Gasteiger charge is 2.01. The molecule has 0 atom stereocenters. The summed E-state index contributed by atoms with van der Waals surface area (Å²) in [5, 5.41) is 0.751. The van der Waals surface area contributed by atoms with Crippen molar-refractivity contribution < 1.29 is 9.47 Å². The average Bonchev–Trinajstić information content (AvgIpc) is 2.53. The topological polar surface area (TPSA) is 44.2 Å². The fourth-order valence-corrected chi connectivity index (χ4v) is 2.07. The zero-order valence-corrected chi connectivity index (χ0v) is 13.2. The van der Waals surface area contributed by atoms with Crippen LogP contribution < -0.4 is 9.47 Å². The number of nitrogens with zero attached hydrogens (tertiary/aromatic N) is 2. The lowest BCUT2D eigenvalue weighted by Crippen LogP contribution is -1.93. The lowest BCUT2D eigenvalue weighted by Gasteiger charge is -2.04. The summed E-state index contributed by atoms with van der Waals surface area (Å²) in [6.45, 7) is 1.93. The van der Waals surface area contributed by atoms with Crippen molar-refractivity contribution in [2.24, 2.45) is 0 Å². The number of rotatable bonds is 3. The first kappa shape index (κ1) is 15.2. The molecule has 2 aromatic rings. The minimum atomic E-state index is 0.712. The number of hydrogen-bond acceptors (Lipinski definition) is 5. The monoisotopic (exact) mass is 300 g/mol. The molecule has 5 heteroatoms. The molecule has 0 radical (unpaired) electrons. The molecule has 0 unspecified atom stereocenters. The molecule has 0 N–H and O–H groups in total. The molecule has 0 saturated carbocycles. The van der Waals surface area contributed by atoms with Crippen molar-refractivity contribution in [2.75, 3.05) is 20.5 Å². The van der Waals surface area contributed by atoms with Gasteiger partial charge in [0.1, 0.15) is 11.5 Å². The lowest BCUT2D eigenvalue weighted by atomic mass is 10.1. The van der Waals surface area contributed by atoms with Gasteiger partial charge in [-0.15, -0.1) is 0 Å². The molecule has 0 saturated heterocycles. The van der Waals surface area contributed by atoms with E-state index in [0.717, 1.165) is 22.0 Å². The van der Waals surface area contributed by atoms with Crippen LogP contribution in [0, 0.1) is 18.8 Å². The Morgan fingerprint density at radius 1 is 1.05 bits per heavy atom. The van der Waals surface area contributed by atoms with Crippen LogP contribution in [0.5, 0.6) is 11.5 Å². The summed E-state index contributed by atoms with van der Waals surface area (Å²) >= 11 is 1.51. The minimum Gasteiger partial charge on any atom is -0.497 e. The second-order valence-electron chi connectivity index (χ2n) is 4.21. The SMILES string of the molecule is COc1cc(C#Cc2cnc(SC)nc2C)cc(OC)c1. The van der Waals surface area contributed by atoms with E-state index in [1.54, 1.807) is 20.4 Å². The van der Waals surface area contributed by atoms with Gasteiger partial charge in [0, 0.05) is 17.8 Å². The van der Waals surface area contributed by atoms with Gasteiger partial charge in [-0.25, -0.2) is 9.97 Å². The summed E-state index contributed by atoms with van der Waals surface area (Å²) in [6, 6.07) is 5.54. The Hall–Kier alpha value is -2.19. The number of ether oxygens (including phenoxy) is 2. The van der Waals surface area contributed by atoms with Gasteiger partial charge in [0.25, 0.3) is 0 Å². The largest absolute Gasteiger partial charge is 0.497 e. The van der Waals surface area contributed by atoms with Crippen LogP contribution in [-0.2, 0) is 0 Å². The van der Waals surface area contributed by atoms with Crippen molar-refractivity contribution in [1.29, 1.82) is 0 Å². The summed E-state index contributed by atoms with van der Waals surface area (Å²) in [5.41, 5.74) is 2.51. The summed E-state index contributed by atoms with van der Waals surface area (Å²) < 4.78 is 10.5. The van der Waals surface area contributed by atoms with Gasteiger partial charge in [-0.2, -0.15) is 0 Å². The maximum atomic E-state index is 5.23. The third kappa shape index (κ3) is 3.89. The van der Waals surface area contributed by atoms with E-state index in [2.05, 4.69) is 21.8 Å². The van der Waals surface area contributed by atoms with E-state index < -0.39 is 0 Å². The molecule has 0 spiro atoms. The number of thioether (sulfide) groups is 1. The van der Waals surface area contributed by atoms with Crippen molar-refractivity contribution >= 4 is 11.8 Å². The van der Waals surface area contributed by atoms with E-state index in [9.17, 15) is 0 Å². The van der Waals surface area contributed by atoms with Crippen LogP contribution in [0.1, 0.15) is 16.8 Å². The molecule has 4 nitrogen and oxygen atoms in total. The van der Waals surface area contributed by atoms with Gasteiger partial charge < -0.3 is 9.47 Å². The van der Waals surface area contributed by atoms with Gasteiger partial charge in [0.2, 0.25) is 0 Å². The van der Waals surface area contributed by atoms with E-state index in [1.165, 1.54) is 11.8 Å². The van der Waals surface area contributed by atoms with Crippen molar-refractivity contribution in [3.63, 3.8) is 0 Å². The number of hydrogen-bond donors (Lipinski definition) is 0. The van der Waals surface area contributed by atoms with Crippen molar-refractivity contribution in [3.8, 4) is 23.3 Å². The van der Waals surface area contributed by atoms with Crippen LogP contribution in [0.25, 0.3) is 0 Å². The van der Waals surface area contributed by atoms with E-state index in [4.69, 9.17) is 9.47 Å². The van der Waals surface area contributed by atoms with Gasteiger partial charge >= 0.3 is 0 Å². The van der Waals surface area contributed by atoms with Crippen LogP contribution in [0.3, 0.4) is 0 Å². The van der Waals surface area contributed by atoms with E-state index >= 15 is 0 Å².